The maximum absolute atomic E-state index is 5.42. The van der Waals surface area contributed by atoms with Gasteiger partial charge in [-0.15, -0.1) is 11.3 Å². The number of aromatic amines is 1. The summed E-state index contributed by atoms with van der Waals surface area (Å²) in [5, 5.41) is 6.59. The first kappa shape index (κ1) is 14.5. The van der Waals surface area contributed by atoms with Gasteiger partial charge >= 0.3 is 0 Å². The third kappa shape index (κ3) is 3.02. The molecule has 0 aliphatic carbocycles. The lowest BCUT2D eigenvalue weighted by molar-refractivity contribution is 0.122. The summed E-state index contributed by atoms with van der Waals surface area (Å²) in [6.45, 7) is 5.92. The number of rotatable bonds is 4. The van der Waals surface area contributed by atoms with Crippen LogP contribution in [-0.4, -0.2) is 41.3 Å². The number of nitrogens with one attached hydrogen (secondary N) is 2. The minimum atomic E-state index is 0.725. The highest BCUT2D eigenvalue weighted by atomic mass is 32.1. The van der Waals surface area contributed by atoms with E-state index < -0.39 is 0 Å². The quantitative estimate of drug-likeness (QED) is 0.770. The molecule has 3 aromatic rings. The molecule has 3 aromatic heterocycles. The number of hydrogen-bond donors (Lipinski definition) is 2. The van der Waals surface area contributed by atoms with E-state index in [4.69, 9.17) is 14.7 Å². The van der Waals surface area contributed by atoms with Crippen LogP contribution < -0.4 is 10.2 Å². The van der Waals surface area contributed by atoms with Crippen molar-refractivity contribution in [3.8, 4) is 0 Å². The van der Waals surface area contributed by atoms with Gasteiger partial charge in [-0.05, 0) is 24.4 Å². The summed E-state index contributed by atoms with van der Waals surface area (Å²) in [6.07, 6.45) is 0. The second-order valence-corrected chi connectivity index (χ2v) is 6.65. The fourth-order valence-corrected chi connectivity index (χ4v) is 3.40. The number of morpholine rings is 1. The summed E-state index contributed by atoms with van der Waals surface area (Å²) in [7, 11) is 0. The number of thiophene rings is 1. The van der Waals surface area contributed by atoms with E-state index in [1.807, 2.05) is 6.92 Å². The standard InChI is InChI=1S/C16H19N5OS/c1-11-9-13-14(17-10-12-3-2-8-23-12)19-16(20-15(13)18-11)21-4-6-22-7-5-21/h2-3,8-9H,4-7,10H2,1H3,(H2,17,18,19,20). The fourth-order valence-electron chi connectivity index (χ4n) is 2.75. The zero-order valence-corrected chi connectivity index (χ0v) is 13.8. The largest absolute Gasteiger partial charge is 0.378 e. The average molecular weight is 329 g/mol. The number of nitrogens with zero attached hydrogens (tertiary/aromatic N) is 3. The Kier molecular flexibility index (Phi) is 3.88. The highest BCUT2D eigenvalue weighted by molar-refractivity contribution is 7.09. The van der Waals surface area contributed by atoms with Gasteiger partial charge in [0, 0.05) is 23.7 Å². The molecule has 0 aromatic carbocycles. The summed E-state index contributed by atoms with van der Waals surface area (Å²) in [5.74, 6) is 1.64. The fraction of sp³-hybridized carbons (Fsp3) is 0.375. The van der Waals surface area contributed by atoms with Crippen molar-refractivity contribution in [3.63, 3.8) is 0 Å². The summed E-state index contributed by atoms with van der Waals surface area (Å²) < 4.78 is 5.42. The minimum absolute atomic E-state index is 0.725. The molecule has 0 amide bonds. The molecular formula is C16H19N5OS. The number of aromatic nitrogens is 3. The van der Waals surface area contributed by atoms with E-state index in [9.17, 15) is 0 Å². The second kappa shape index (κ2) is 6.17. The van der Waals surface area contributed by atoms with E-state index >= 15 is 0 Å². The average Bonchev–Trinajstić information content (AvgIpc) is 3.21. The third-order valence-corrected chi connectivity index (χ3v) is 4.79. The van der Waals surface area contributed by atoms with Crippen molar-refractivity contribution in [2.45, 2.75) is 13.5 Å². The summed E-state index contributed by atoms with van der Waals surface area (Å²) in [6, 6.07) is 6.29. The van der Waals surface area contributed by atoms with Crippen LogP contribution in [0.5, 0.6) is 0 Å². The molecule has 120 valence electrons. The molecule has 6 nitrogen and oxygen atoms in total. The van der Waals surface area contributed by atoms with Crippen molar-refractivity contribution in [1.82, 2.24) is 15.0 Å². The van der Waals surface area contributed by atoms with Gasteiger partial charge in [0.15, 0.2) is 0 Å². The molecule has 0 spiro atoms. The van der Waals surface area contributed by atoms with Gasteiger partial charge < -0.3 is 19.9 Å². The van der Waals surface area contributed by atoms with E-state index in [2.05, 4.69) is 38.8 Å². The van der Waals surface area contributed by atoms with Crippen LogP contribution in [0, 0.1) is 6.92 Å². The molecule has 1 aliphatic heterocycles. The topological polar surface area (TPSA) is 66.1 Å². The maximum atomic E-state index is 5.42. The first-order valence-electron chi connectivity index (χ1n) is 7.76. The van der Waals surface area contributed by atoms with Crippen LogP contribution in [0.4, 0.5) is 11.8 Å². The number of aryl methyl sites for hydroxylation is 1. The third-order valence-electron chi connectivity index (χ3n) is 3.91. The molecule has 4 rings (SSSR count). The number of fused-ring (bicyclic) bond motifs is 1. The van der Waals surface area contributed by atoms with Crippen LogP contribution in [0.2, 0.25) is 0 Å². The molecule has 2 N–H and O–H groups in total. The van der Waals surface area contributed by atoms with Crippen LogP contribution in [-0.2, 0) is 11.3 Å². The Morgan fingerprint density at radius 2 is 2.22 bits per heavy atom. The molecule has 0 bridgehead atoms. The monoisotopic (exact) mass is 329 g/mol. The van der Waals surface area contributed by atoms with Gasteiger partial charge in [-0.3, -0.25) is 0 Å². The molecule has 0 unspecified atom stereocenters. The molecule has 1 fully saturated rings. The van der Waals surface area contributed by atoms with E-state index in [1.54, 1.807) is 11.3 Å². The minimum Gasteiger partial charge on any atom is -0.378 e. The second-order valence-electron chi connectivity index (χ2n) is 5.62. The molecule has 0 atom stereocenters. The van der Waals surface area contributed by atoms with Crippen molar-refractivity contribution < 1.29 is 4.74 Å². The van der Waals surface area contributed by atoms with Gasteiger partial charge in [0.2, 0.25) is 5.95 Å². The Labute approximate surface area is 138 Å². The number of anilines is 2. The van der Waals surface area contributed by atoms with Gasteiger partial charge in [0.25, 0.3) is 0 Å². The Hall–Kier alpha value is -2.12. The van der Waals surface area contributed by atoms with Crippen molar-refractivity contribution in [2.75, 3.05) is 36.5 Å². The number of H-pyrrole nitrogens is 1. The van der Waals surface area contributed by atoms with Gasteiger partial charge in [0.1, 0.15) is 11.5 Å². The Morgan fingerprint density at radius 3 is 3.00 bits per heavy atom. The Balaban J connectivity index is 1.68. The Morgan fingerprint density at radius 1 is 1.35 bits per heavy atom. The number of hydrogen-bond acceptors (Lipinski definition) is 6. The predicted molar refractivity (Wildman–Crippen MR) is 93.3 cm³/mol. The molecule has 0 saturated carbocycles. The zero-order valence-electron chi connectivity index (χ0n) is 13.0. The SMILES string of the molecule is Cc1cc2c(NCc3cccs3)nc(N3CCOCC3)nc2[nH]1. The highest BCUT2D eigenvalue weighted by Crippen LogP contribution is 2.25. The van der Waals surface area contributed by atoms with E-state index in [1.165, 1.54) is 4.88 Å². The highest BCUT2D eigenvalue weighted by Gasteiger charge is 2.17. The molecule has 4 heterocycles. The van der Waals surface area contributed by atoms with Gasteiger partial charge in [-0.1, -0.05) is 6.07 Å². The lowest BCUT2D eigenvalue weighted by atomic mass is 10.3. The molecular weight excluding hydrogens is 310 g/mol. The van der Waals surface area contributed by atoms with Crippen LogP contribution >= 0.6 is 11.3 Å². The zero-order chi connectivity index (χ0) is 15.6. The van der Waals surface area contributed by atoms with E-state index in [0.717, 1.165) is 61.3 Å². The molecule has 1 saturated heterocycles. The van der Waals surface area contributed by atoms with E-state index in [0.29, 0.717) is 0 Å². The maximum Gasteiger partial charge on any atom is 0.229 e. The first-order valence-corrected chi connectivity index (χ1v) is 8.64. The molecule has 1 aliphatic rings. The number of ether oxygens (including phenoxy) is 1. The van der Waals surface area contributed by atoms with Gasteiger partial charge in [-0.25, -0.2) is 0 Å². The van der Waals surface area contributed by atoms with Crippen LogP contribution in [0.15, 0.2) is 23.6 Å². The van der Waals surface area contributed by atoms with E-state index in [-0.39, 0.29) is 0 Å². The lowest BCUT2D eigenvalue weighted by Crippen LogP contribution is -2.37. The van der Waals surface area contributed by atoms with Crippen LogP contribution in [0.3, 0.4) is 0 Å². The first-order chi connectivity index (χ1) is 11.3. The normalized spacial score (nSPS) is 15.3. The van der Waals surface area contributed by atoms with Crippen LogP contribution in [0.25, 0.3) is 11.0 Å². The molecule has 0 radical (unpaired) electrons. The molecule has 23 heavy (non-hydrogen) atoms. The van der Waals surface area contributed by atoms with Gasteiger partial charge in [0.05, 0.1) is 25.1 Å². The lowest BCUT2D eigenvalue weighted by Gasteiger charge is -2.27. The molecule has 7 heteroatoms. The summed E-state index contributed by atoms with van der Waals surface area (Å²) >= 11 is 1.74. The van der Waals surface area contributed by atoms with Crippen molar-refractivity contribution >= 4 is 34.1 Å². The predicted octanol–water partition coefficient (Wildman–Crippen LogP) is 2.78. The Bertz CT molecular complexity index is 792. The summed E-state index contributed by atoms with van der Waals surface area (Å²) in [5.41, 5.74) is 1.97. The van der Waals surface area contributed by atoms with Crippen molar-refractivity contribution in [2.24, 2.45) is 0 Å². The van der Waals surface area contributed by atoms with Gasteiger partial charge in [-0.2, -0.15) is 9.97 Å². The van der Waals surface area contributed by atoms with Crippen molar-refractivity contribution in [3.05, 3.63) is 34.2 Å². The summed E-state index contributed by atoms with van der Waals surface area (Å²) in [4.78, 5) is 16.3. The smallest absolute Gasteiger partial charge is 0.229 e. The van der Waals surface area contributed by atoms with Crippen LogP contribution in [0.1, 0.15) is 10.6 Å². The van der Waals surface area contributed by atoms with Crippen molar-refractivity contribution in [1.29, 1.82) is 0 Å².